The largest absolute Gasteiger partial charge is 0.259 e. The Kier molecular flexibility index (Phi) is 3.43. The summed E-state index contributed by atoms with van der Waals surface area (Å²) in [7, 11) is 0. The first-order valence-electron chi connectivity index (χ1n) is 5.59. The second-order valence-electron chi connectivity index (χ2n) is 3.92. The highest BCUT2D eigenvalue weighted by molar-refractivity contribution is 6.16. The van der Waals surface area contributed by atoms with E-state index in [1.54, 1.807) is 12.4 Å². The first-order valence-corrected chi connectivity index (χ1v) is 6.13. The van der Waals surface area contributed by atoms with E-state index in [2.05, 4.69) is 22.0 Å². The lowest BCUT2D eigenvalue weighted by Crippen LogP contribution is -2.04. The Hall–Kier alpha value is -1.42. The molecule has 2 aromatic rings. The molecule has 90 valence electrons. The summed E-state index contributed by atoms with van der Waals surface area (Å²) >= 11 is 5.76. The monoisotopic (exact) mass is 250 g/mol. The van der Waals surface area contributed by atoms with Crippen molar-refractivity contribution in [3.8, 4) is 5.82 Å². The number of halogens is 1. The summed E-state index contributed by atoms with van der Waals surface area (Å²) in [5, 5.41) is 4.50. The summed E-state index contributed by atoms with van der Waals surface area (Å²) < 4.78 is 1.83. The minimum absolute atomic E-state index is 0.362. The van der Waals surface area contributed by atoms with Crippen molar-refractivity contribution >= 4 is 11.6 Å². The van der Waals surface area contributed by atoms with E-state index in [4.69, 9.17) is 11.6 Å². The average Bonchev–Trinajstić information content (AvgIpc) is 2.64. The Bertz CT molecular complexity index is 533. The number of hydrogen-bond donors (Lipinski definition) is 0. The molecule has 5 heteroatoms. The molecule has 17 heavy (non-hydrogen) atoms. The molecule has 0 aliphatic rings. The maximum atomic E-state index is 5.76. The van der Waals surface area contributed by atoms with Crippen molar-refractivity contribution < 1.29 is 0 Å². The van der Waals surface area contributed by atoms with E-state index in [0.717, 1.165) is 29.3 Å². The van der Waals surface area contributed by atoms with Crippen LogP contribution in [0.1, 0.15) is 29.6 Å². The molecule has 0 aliphatic carbocycles. The van der Waals surface area contributed by atoms with Gasteiger partial charge < -0.3 is 0 Å². The zero-order valence-corrected chi connectivity index (χ0v) is 11.0. The molecule has 0 N–H and O–H groups in total. The van der Waals surface area contributed by atoms with Gasteiger partial charge in [-0.1, -0.05) is 6.92 Å². The van der Waals surface area contributed by atoms with E-state index >= 15 is 0 Å². The van der Waals surface area contributed by atoms with E-state index < -0.39 is 0 Å². The van der Waals surface area contributed by atoms with E-state index in [0.29, 0.717) is 5.88 Å². The molecule has 0 amide bonds. The number of alkyl halides is 1. The Labute approximate surface area is 106 Å². The third-order valence-corrected chi connectivity index (χ3v) is 3.09. The molecule has 0 fully saturated rings. The van der Waals surface area contributed by atoms with E-state index in [9.17, 15) is 0 Å². The zero-order valence-electron chi connectivity index (χ0n) is 10.2. The molecular formula is C12H15ClN4. The second kappa shape index (κ2) is 4.84. The Morgan fingerprint density at radius 3 is 2.65 bits per heavy atom. The van der Waals surface area contributed by atoms with Crippen LogP contribution in [0, 0.1) is 13.8 Å². The number of nitrogens with zero attached hydrogens (tertiary/aromatic N) is 4. The fourth-order valence-electron chi connectivity index (χ4n) is 1.97. The van der Waals surface area contributed by atoms with Crippen molar-refractivity contribution in [2.75, 3.05) is 0 Å². The zero-order chi connectivity index (χ0) is 12.4. The van der Waals surface area contributed by atoms with Crippen molar-refractivity contribution in [1.82, 2.24) is 19.7 Å². The van der Waals surface area contributed by atoms with Gasteiger partial charge in [0.2, 0.25) is 0 Å². The molecular weight excluding hydrogens is 236 g/mol. The van der Waals surface area contributed by atoms with Gasteiger partial charge in [-0.2, -0.15) is 5.10 Å². The standard InChI is InChI=1S/C12H15ClN4/c1-4-11-8(2)16-17(9(11)3)12-7-14-6-10(5-13)15-12/h6-7H,4-5H2,1-3H3. The lowest BCUT2D eigenvalue weighted by molar-refractivity contribution is 0.791. The Morgan fingerprint density at radius 1 is 1.29 bits per heavy atom. The molecule has 0 saturated heterocycles. The Balaban J connectivity index is 2.52. The minimum atomic E-state index is 0.362. The maximum absolute atomic E-state index is 5.76. The van der Waals surface area contributed by atoms with E-state index in [-0.39, 0.29) is 0 Å². The molecule has 0 saturated carbocycles. The highest BCUT2D eigenvalue weighted by atomic mass is 35.5. The number of rotatable bonds is 3. The predicted octanol–water partition coefficient (Wildman–Crippen LogP) is 2.58. The highest BCUT2D eigenvalue weighted by Gasteiger charge is 2.12. The van der Waals surface area contributed by atoms with Crippen molar-refractivity contribution in [3.63, 3.8) is 0 Å². The Morgan fingerprint density at radius 2 is 2.06 bits per heavy atom. The van der Waals surface area contributed by atoms with Gasteiger partial charge in [0.1, 0.15) is 0 Å². The summed E-state index contributed by atoms with van der Waals surface area (Å²) in [5.74, 6) is 1.09. The SMILES string of the molecule is CCc1c(C)nn(-c2cncc(CCl)n2)c1C. The third kappa shape index (κ3) is 2.17. The molecule has 2 heterocycles. The van der Waals surface area contributed by atoms with Gasteiger partial charge in [0.25, 0.3) is 0 Å². The third-order valence-electron chi connectivity index (χ3n) is 2.82. The van der Waals surface area contributed by atoms with Crippen LogP contribution in [0.5, 0.6) is 0 Å². The van der Waals surface area contributed by atoms with E-state index in [1.165, 1.54) is 5.56 Å². The summed E-state index contributed by atoms with van der Waals surface area (Å²) in [4.78, 5) is 8.55. The molecule has 0 radical (unpaired) electrons. The van der Waals surface area contributed by atoms with Gasteiger partial charge in [-0.3, -0.25) is 4.98 Å². The number of aryl methyl sites for hydroxylation is 1. The van der Waals surface area contributed by atoms with Crippen molar-refractivity contribution in [1.29, 1.82) is 0 Å². The van der Waals surface area contributed by atoms with Crippen LogP contribution >= 0.6 is 11.6 Å². The molecule has 0 atom stereocenters. The second-order valence-corrected chi connectivity index (χ2v) is 4.18. The van der Waals surface area contributed by atoms with Crippen LogP contribution in [0.25, 0.3) is 5.82 Å². The summed E-state index contributed by atoms with van der Waals surface area (Å²) in [6.45, 7) is 6.19. The topological polar surface area (TPSA) is 43.6 Å². The molecule has 0 aliphatic heterocycles. The van der Waals surface area contributed by atoms with Crippen molar-refractivity contribution in [3.05, 3.63) is 35.0 Å². The van der Waals surface area contributed by atoms with Gasteiger partial charge in [-0.15, -0.1) is 11.6 Å². The van der Waals surface area contributed by atoms with Crippen LogP contribution in [0.2, 0.25) is 0 Å². The van der Waals surface area contributed by atoms with Gasteiger partial charge in [-0.05, 0) is 25.8 Å². The van der Waals surface area contributed by atoms with Crippen LogP contribution in [-0.2, 0) is 12.3 Å². The molecule has 0 unspecified atom stereocenters. The maximum Gasteiger partial charge on any atom is 0.172 e. The lowest BCUT2D eigenvalue weighted by atomic mass is 10.1. The quantitative estimate of drug-likeness (QED) is 0.787. The highest BCUT2D eigenvalue weighted by Crippen LogP contribution is 2.17. The first kappa shape index (κ1) is 12.0. The van der Waals surface area contributed by atoms with Gasteiger partial charge in [0.15, 0.2) is 5.82 Å². The predicted molar refractivity (Wildman–Crippen MR) is 67.6 cm³/mol. The van der Waals surface area contributed by atoms with Crippen LogP contribution in [0.15, 0.2) is 12.4 Å². The normalized spacial score (nSPS) is 10.8. The molecule has 2 rings (SSSR count). The van der Waals surface area contributed by atoms with Gasteiger partial charge >= 0.3 is 0 Å². The van der Waals surface area contributed by atoms with Gasteiger partial charge in [0, 0.05) is 11.9 Å². The molecule has 0 bridgehead atoms. The number of hydrogen-bond acceptors (Lipinski definition) is 3. The van der Waals surface area contributed by atoms with Crippen LogP contribution in [-0.4, -0.2) is 19.7 Å². The van der Waals surface area contributed by atoms with Crippen LogP contribution in [0.4, 0.5) is 0 Å². The molecule has 4 nitrogen and oxygen atoms in total. The smallest absolute Gasteiger partial charge is 0.172 e. The minimum Gasteiger partial charge on any atom is -0.259 e. The summed E-state index contributed by atoms with van der Waals surface area (Å²) in [5.41, 5.74) is 4.19. The number of aromatic nitrogens is 4. The molecule has 0 aromatic carbocycles. The lowest BCUT2D eigenvalue weighted by Gasteiger charge is -2.04. The van der Waals surface area contributed by atoms with Gasteiger partial charge in [-0.25, -0.2) is 9.67 Å². The van der Waals surface area contributed by atoms with Gasteiger partial charge in [0.05, 0.1) is 23.5 Å². The summed E-state index contributed by atoms with van der Waals surface area (Å²) in [6, 6.07) is 0. The average molecular weight is 251 g/mol. The first-order chi connectivity index (χ1) is 8.17. The fraction of sp³-hybridized carbons (Fsp3) is 0.417. The van der Waals surface area contributed by atoms with E-state index in [1.807, 2.05) is 18.5 Å². The van der Waals surface area contributed by atoms with Crippen molar-refractivity contribution in [2.24, 2.45) is 0 Å². The summed E-state index contributed by atoms with van der Waals surface area (Å²) in [6.07, 6.45) is 4.35. The fourth-order valence-corrected chi connectivity index (χ4v) is 2.10. The molecule has 2 aromatic heterocycles. The van der Waals surface area contributed by atoms with Crippen LogP contribution < -0.4 is 0 Å². The van der Waals surface area contributed by atoms with Crippen LogP contribution in [0.3, 0.4) is 0 Å². The van der Waals surface area contributed by atoms with Crippen molar-refractivity contribution in [2.45, 2.75) is 33.1 Å². The molecule has 0 spiro atoms.